The second-order valence-corrected chi connectivity index (χ2v) is 10.9. The molecule has 0 radical (unpaired) electrons. The molecule has 2 saturated heterocycles. The molecule has 4 aliphatic rings. The van der Waals surface area contributed by atoms with Crippen LogP contribution in [-0.4, -0.2) is 73.3 Å². The van der Waals surface area contributed by atoms with Crippen molar-refractivity contribution in [1.82, 2.24) is 30.5 Å². The van der Waals surface area contributed by atoms with Crippen molar-refractivity contribution in [1.29, 1.82) is 0 Å². The molecule has 0 spiro atoms. The molecule has 1 aliphatic carbocycles. The summed E-state index contributed by atoms with van der Waals surface area (Å²) in [6.07, 6.45) is 7.90. The number of alkyl halides is 1. The third kappa shape index (κ3) is 4.09. The minimum Gasteiger partial charge on any atom is -0.507 e. The van der Waals surface area contributed by atoms with Crippen LogP contribution in [-0.2, 0) is 0 Å². The quantitative estimate of drug-likeness (QED) is 0.519. The van der Waals surface area contributed by atoms with Gasteiger partial charge >= 0.3 is 0 Å². The molecule has 3 aliphatic heterocycles. The van der Waals surface area contributed by atoms with Gasteiger partial charge in [-0.05, 0) is 57.6 Å². The third-order valence-electron chi connectivity index (χ3n) is 8.17. The van der Waals surface area contributed by atoms with Gasteiger partial charge < -0.3 is 24.8 Å². The Morgan fingerprint density at radius 1 is 1.05 bits per heavy atom. The summed E-state index contributed by atoms with van der Waals surface area (Å²) in [5.74, 6) is 1.17. The molecule has 0 amide bonds. The number of hydrogen-bond donors (Lipinski definition) is 2. The Kier molecular flexibility index (Phi) is 5.57. The highest BCUT2D eigenvalue weighted by Gasteiger charge is 2.52. The number of nitrogens with one attached hydrogen (secondary N) is 1. The van der Waals surface area contributed by atoms with E-state index < -0.39 is 11.7 Å². The summed E-state index contributed by atoms with van der Waals surface area (Å²) in [5.41, 5.74) is 1.65. The number of hydrogen-bond acceptors (Lipinski definition) is 10. The molecule has 2 aromatic heterocycles. The number of benzene rings is 1. The van der Waals surface area contributed by atoms with Gasteiger partial charge in [-0.15, -0.1) is 10.2 Å². The van der Waals surface area contributed by atoms with Crippen LogP contribution in [0.25, 0.3) is 22.5 Å². The first-order valence-electron chi connectivity index (χ1n) is 13.3. The third-order valence-corrected chi connectivity index (χ3v) is 8.17. The highest BCUT2D eigenvalue weighted by Crippen LogP contribution is 2.42. The topological polar surface area (TPSA) is 118 Å². The lowest BCUT2D eigenvalue weighted by Gasteiger charge is -2.52. The van der Waals surface area contributed by atoms with Crippen molar-refractivity contribution in [2.24, 2.45) is 0 Å². The van der Waals surface area contributed by atoms with Gasteiger partial charge in [-0.2, -0.15) is 0 Å². The van der Waals surface area contributed by atoms with E-state index in [9.17, 15) is 5.11 Å². The lowest BCUT2D eigenvalue weighted by molar-refractivity contribution is 0.0383. The van der Waals surface area contributed by atoms with Crippen molar-refractivity contribution in [3.8, 4) is 40.0 Å². The lowest BCUT2D eigenvalue weighted by atomic mass is 9.73. The average Bonchev–Trinajstić information content (AvgIpc) is 3.77. The van der Waals surface area contributed by atoms with E-state index in [1.165, 1.54) is 0 Å². The zero-order valence-corrected chi connectivity index (χ0v) is 21.2. The van der Waals surface area contributed by atoms with E-state index in [-0.39, 0.29) is 17.8 Å². The van der Waals surface area contributed by atoms with Crippen molar-refractivity contribution in [2.45, 2.75) is 75.3 Å². The second kappa shape index (κ2) is 9.00. The average molecular weight is 520 g/mol. The lowest BCUT2D eigenvalue weighted by Crippen LogP contribution is -2.69. The van der Waals surface area contributed by atoms with E-state index in [1.807, 2.05) is 13.0 Å². The molecule has 11 heteroatoms. The molecule has 2 bridgehead atoms. The van der Waals surface area contributed by atoms with Crippen molar-refractivity contribution in [3.05, 3.63) is 30.6 Å². The molecule has 2 N–H and O–H groups in total. The van der Waals surface area contributed by atoms with Crippen LogP contribution in [0, 0.1) is 0 Å². The fraction of sp³-hybridized carbons (Fsp3) is 0.519. The fourth-order valence-corrected chi connectivity index (χ4v) is 6.13. The summed E-state index contributed by atoms with van der Waals surface area (Å²) < 4.78 is 26.8. The summed E-state index contributed by atoms with van der Waals surface area (Å²) in [6, 6.07) is 5.46. The Morgan fingerprint density at radius 3 is 2.63 bits per heavy atom. The SMILES string of the molecule is C[C@]12CCC[C@@H](C[C@@H](N(c3ncc(-c4ccc(-c5cnc6c(n5)OCCO6)cc4O)nn3)C3CC3)[C@H]1F)N2. The standard InChI is InChI=1S/C27H30FN7O3/c1-27-8-2-3-16(32-27)12-21(23(27)28)35(17-5-6-17)26-30-14-20(33-34-26)18-7-4-15(11-22(18)36)19-13-29-24-25(31-19)38-10-9-37-24/h4,7,11,13-14,16-17,21,23,32,36H,2-3,5-6,8-10,12H2,1H3/t16-,21+,23+,27-/m0/s1. The maximum Gasteiger partial charge on any atom is 0.278 e. The van der Waals surface area contributed by atoms with Gasteiger partial charge in [0.2, 0.25) is 5.95 Å². The number of phenolic OH excluding ortho intramolecular Hbond substituents is 1. The first kappa shape index (κ1) is 23.5. The van der Waals surface area contributed by atoms with Crippen LogP contribution in [0.1, 0.15) is 45.4 Å². The van der Waals surface area contributed by atoms with Crippen molar-refractivity contribution in [2.75, 3.05) is 18.1 Å². The van der Waals surface area contributed by atoms with Crippen LogP contribution in [0.4, 0.5) is 10.3 Å². The van der Waals surface area contributed by atoms with Gasteiger partial charge in [-0.3, -0.25) is 0 Å². The first-order valence-corrected chi connectivity index (χ1v) is 13.3. The molecule has 0 unspecified atom stereocenters. The Bertz CT molecular complexity index is 1350. The molecule has 198 valence electrons. The van der Waals surface area contributed by atoms with Crippen LogP contribution in [0.5, 0.6) is 17.5 Å². The molecular weight excluding hydrogens is 489 g/mol. The number of piperidine rings is 2. The molecule has 3 fully saturated rings. The second-order valence-electron chi connectivity index (χ2n) is 10.9. The Morgan fingerprint density at radius 2 is 1.87 bits per heavy atom. The number of nitrogens with zero attached hydrogens (tertiary/aromatic N) is 6. The number of anilines is 1. The molecular formula is C27H30FN7O3. The van der Waals surface area contributed by atoms with Gasteiger partial charge in [0.15, 0.2) is 0 Å². The molecule has 5 heterocycles. The number of halogens is 1. The zero-order chi connectivity index (χ0) is 25.9. The summed E-state index contributed by atoms with van der Waals surface area (Å²) in [6.45, 7) is 2.86. The van der Waals surface area contributed by atoms with E-state index in [0.29, 0.717) is 59.5 Å². The normalized spacial score (nSPS) is 28.1. The zero-order valence-electron chi connectivity index (χ0n) is 21.2. The minimum atomic E-state index is -1.01. The van der Waals surface area contributed by atoms with Gasteiger partial charge in [0, 0.05) is 28.7 Å². The summed E-state index contributed by atoms with van der Waals surface area (Å²) in [5, 5.41) is 23.2. The molecule has 3 aromatic rings. The van der Waals surface area contributed by atoms with Crippen LogP contribution >= 0.6 is 0 Å². The molecule has 1 saturated carbocycles. The number of rotatable bonds is 5. The molecule has 1 aromatic carbocycles. The van der Waals surface area contributed by atoms with Crippen LogP contribution in [0.2, 0.25) is 0 Å². The van der Waals surface area contributed by atoms with Crippen LogP contribution < -0.4 is 19.7 Å². The van der Waals surface area contributed by atoms with Crippen molar-refractivity contribution < 1.29 is 19.0 Å². The van der Waals surface area contributed by atoms with E-state index in [2.05, 4.69) is 35.4 Å². The number of aromatic nitrogens is 5. The molecule has 10 nitrogen and oxygen atoms in total. The van der Waals surface area contributed by atoms with Gasteiger partial charge in [0.25, 0.3) is 11.8 Å². The predicted octanol–water partition coefficient (Wildman–Crippen LogP) is 3.45. The number of ether oxygens (including phenoxy) is 2. The number of aromatic hydroxyl groups is 1. The highest BCUT2D eigenvalue weighted by molar-refractivity contribution is 5.72. The monoisotopic (exact) mass is 519 g/mol. The van der Waals surface area contributed by atoms with Crippen molar-refractivity contribution >= 4 is 5.95 Å². The molecule has 4 atom stereocenters. The summed E-state index contributed by atoms with van der Waals surface area (Å²) >= 11 is 0. The van der Waals surface area contributed by atoms with E-state index in [4.69, 9.17) is 9.47 Å². The van der Waals surface area contributed by atoms with E-state index in [0.717, 1.165) is 38.5 Å². The predicted molar refractivity (Wildman–Crippen MR) is 137 cm³/mol. The smallest absolute Gasteiger partial charge is 0.278 e. The van der Waals surface area contributed by atoms with Crippen LogP contribution in [0.3, 0.4) is 0 Å². The summed E-state index contributed by atoms with van der Waals surface area (Å²) in [4.78, 5) is 15.4. The molecule has 38 heavy (non-hydrogen) atoms. The fourth-order valence-electron chi connectivity index (χ4n) is 6.13. The van der Waals surface area contributed by atoms with Gasteiger partial charge in [-0.25, -0.2) is 19.3 Å². The van der Waals surface area contributed by atoms with E-state index in [1.54, 1.807) is 24.5 Å². The Labute approximate surface area is 219 Å². The van der Waals surface area contributed by atoms with Crippen LogP contribution in [0.15, 0.2) is 30.6 Å². The minimum absolute atomic E-state index is 0.0185. The maximum atomic E-state index is 15.9. The van der Waals surface area contributed by atoms with Gasteiger partial charge in [-0.1, -0.05) is 6.07 Å². The van der Waals surface area contributed by atoms with Gasteiger partial charge in [0.05, 0.1) is 24.1 Å². The van der Waals surface area contributed by atoms with Crippen molar-refractivity contribution in [3.63, 3.8) is 0 Å². The number of phenols is 1. The summed E-state index contributed by atoms with van der Waals surface area (Å²) in [7, 11) is 0. The first-order chi connectivity index (χ1) is 18.5. The Balaban J connectivity index is 1.14. The molecule has 7 rings (SSSR count). The largest absolute Gasteiger partial charge is 0.507 e. The highest BCUT2D eigenvalue weighted by atomic mass is 19.1. The van der Waals surface area contributed by atoms with E-state index >= 15 is 4.39 Å². The number of fused-ring (bicyclic) bond motifs is 3. The maximum absolute atomic E-state index is 15.9. The van der Waals surface area contributed by atoms with Gasteiger partial charge in [0.1, 0.15) is 30.8 Å². The Hall–Kier alpha value is -3.60.